The zero-order chi connectivity index (χ0) is 20.1. The van der Waals surface area contributed by atoms with E-state index >= 15 is 0 Å². The molecule has 1 aliphatic heterocycles. The van der Waals surface area contributed by atoms with Crippen molar-refractivity contribution in [3.63, 3.8) is 0 Å². The van der Waals surface area contributed by atoms with Gasteiger partial charge in [0.05, 0.1) is 32.4 Å². The van der Waals surface area contributed by atoms with E-state index < -0.39 is 24.0 Å². The van der Waals surface area contributed by atoms with Crippen LogP contribution >= 0.6 is 0 Å². The van der Waals surface area contributed by atoms with Gasteiger partial charge >= 0.3 is 18.0 Å². The summed E-state index contributed by atoms with van der Waals surface area (Å²) in [5.74, 6) is -0.566. The minimum atomic E-state index is -0.799. The molecule has 0 saturated carbocycles. The molecule has 27 heavy (non-hydrogen) atoms. The number of benzene rings is 1. The molecule has 0 spiro atoms. The number of amides is 2. The second-order valence-corrected chi connectivity index (χ2v) is 5.64. The highest BCUT2D eigenvalue weighted by molar-refractivity contribution is 5.95. The van der Waals surface area contributed by atoms with Crippen LogP contribution in [0, 0.1) is 0 Å². The molecule has 2 N–H and O–H groups in total. The Balaban J connectivity index is 2.60. The predicted molar refractivity (Wildman–Crippen MR) is 94.6 cm³/mol. The van der Waals surface area contributed by atoms with Crippen LogP contribution in [0.15, 0.2) is 23.4 Å². The van der Waals surface area contributed by atoms with Gasteiger partial charge in [-0.3, -0.25) is 4.79 Å². The summed E-state index contributed by atoms with van der Waals surface area (Å²) in [6, 6.07) is 1.85. The van der Waals surface area contributed by atoms with Crippen molar-refractivity contribution in [1.29, 1.82) is 0 Å². The number of allylic oxidation sites excluding steroid dienone is 1. The van der Waals surface area contributed by atoms with Gasteiger partial charge in [0.15, 0.2) is 11.5 Å². The molecule has 2 amide bonds. The van der Waals surface area contributed by atoms with Gasteiger partial charge < -0.3 is 29.6 Å². The molecule has 0 radical (unpaired) electrons. The standard InChI is InChI=1S/C18H22N2O7/c1-6-26-17(22)14-9(2)19-18(23)20-15(14)11-7-12(24-4)16(27-10(3)21)13(8-11)25-5/h7-8,15H,6H2,1-5H3,(H2,19,20,23). The fraction of sp³-hybridized carbons (Fsp3) is 0.389. The molecule has 0 aliphatic carbocycles. The van der Waals surface area contributed by atoms with Crippen LogP contribution in [0.3, 0.4) is 0 Å². The molecule has 146 valence electrons. The van der Waals surface area contributed by atoms with Gasteiger partial charge in [0.25, 0.3) is 0 Å². The van der Waals surface area contributed by atoms with Crippen molar-refractivity contribution >= 4 is 18.0 Å². The second kappa shape index (κ2) is 8.43. The summed E-state index contributed by atoms with van der Waals surface area (Å²) >= 11 is 0. The van der Waals surface area contributed by atoms with Gasteiger partial charge in [0.1, 0.15) is 0 Å². The van der Waals surface area contributed by atoms with E-state index in [2.05, 4.69) is 10.6 Å². The third kappa shape index (κ3) is 4.30. The first-order chi connectivity index (χ1) is 12.8. The summed E-state index contributed by atoms with van der Waals surface area (Å²) in [6.45, 7) is 4.75. The first kappa shape index (κ1) is 20.1. The lowest BCUT2D eigenvalue weighted by atomic mass is 9.95. The van der Waals surface area contributed by atoms with Gasteiger partial charge in [-0.05, 0) is 31.5 Å². The molecule has 1 heterocycles. The highest BCUT2D eigenvalue weighted by Gasteiger charge is 2.33. The molecule has 0 fully saturated rings. The average molecular weight is 378 g/mol. The largest absolute Gasteiger partial charge is 0.493 e. The Hall–Kier alpha value is -3.23. The third-order valence-electron chi connectivity index (χ3n) is 3.83. The van der Waals surface area contributed by atoms with E-state index in [1.54, 1.807) is 26.0 Å². The first-order valence-corrected chi connectivity index (χ1v) is 8.22. The molecule has 9 nitrogen and oxygen atoms in total. The van der Waals surface area contributed by atoms with Crippen molar-refractivity contribution in [2.24, 2.45) is 0 Å². The van der Waals surface area contributed by atoms with Crippen molar-refractivity contribution < 1.29 is 33.3 Å². The molecule has 1 unspecified atom stereocenters. The summed E-state index contributed by atoms with van der Waals surface area (Å²) in [4.78, 5) is 35.7. The van der Waals surface area contributed by atoms with Crippen LogP contribution in [-0.4, -0.2) is 38.8 Å². The first-order valence-electron chi connectivity index (χ1n) is 8.22. The summed E-state index contributed by atoms with van der Waals surface area (Å²) in [7, 11) is 2.81. The predicted octanol–water partition coefficient (Wildman–Crippen LogP) is 1.82. The number of carbonyl (C=O) groups excluding carboxylic acids is 3. The smallest absolute Gasteiger partial charge is 0.338 e. The number of hydrogen-bond donors (Lipinski definition) is 2. The lowest BCUT2D eigenvalue weighted by Crippen LogP contribution is -2.45. The number of nitrogens with one attached hydrogen (secondary N) is 2. The monoisotopic (exact) mass is 378 g/mol. The number of urea groups is 1. The van der Waals surface area contributed by atoms with E-state index in [9.17, 15) is 14.4 Å². The Morgan fingerprint density at radius 1 is 1.15 bits per heavy atom. The van der Waals surface area contributed by atoms with Crippen molar-refractivity contribution in [2.75, 3.05) is 20.8 Å². The quantitative estimate of drug-likeness (QED) is 0.573. The Labute approximate surface area is 156 Å². The van der Waals surface area contributed by atoms with E-state index in [4.69, 9.17) is 18.9 Å². The third-order valence-corrected chi connectivity index (χ3v) is 3.83. The van der Waals surface area contributed by atoms with E-state index in [1.807, 2.05) is 0 Å². The summed E-state index contributed by atoms with van der Waals surface area (Å²) in [5, 5.41) is 5.25. The van der Waals surface area contributed by atoms with Crippen LogP contribution < -0.4 is 24.8 Å². The van der Waals surface area contributed by atoms with Crippen LogP contribution in [-0.2, 0) is 14.3 Å². The summed E-state index contributed by atoms with van der Waals surface area (Å²) in [5.41, 5.74) is 1.13. The zero-order valence-corrected chi connectivity index (χ0v) is 15.8. The molecular weight excluding hydrogens is 356 g/mol. The van der Waals surface area contributed by atoms with Crippen LogP contribution in [0.4, 0.5) is 4.79 Å². The Morgan fingerprint density at radius 2 is 1.74 bits per heavy atom. The Bertz CT molecular complexity index is 776. The molecule has 1 aromatic rings. The number of esters is 2. The Kier molecular flexibility index (Phi) is 6.27. The van der Waals surface area contributed by atoms with Gasteiger partial charge in [-0.2, -0.15) is 0 Å². The minimum absolute atomic E-state index is 0.106. The molecule has 9 heteroatoms. The highest BCUT2D eigenvalue weighted by Crippen LogP contribution is 2.42. The molecule has 1 aromatic carbocycles. The average Bonchev–Trinajstić information content (AvgIpc) is 2.60. The lowest BCUT2D eigenvalue weighted by molar-refractivity contribution is -0.139. The number of rotatable bonds is 6. The number of methoxy groups -OCH3 is 2. The molecule has 1 atom stereocenters. The molecule has 0 saturated heterocycles. The molecule has 1 aliphatic rings. The second-order valence-electron chi connectivity index (χ2n) is 5.64. The van der Waals surface area contributed by atoms with Crippen LogP contribution in [0.2, 0.25) is 0 Å². The minimum Gasteiger partial charge on any atom is -0.493 e. The fourth-order valence-corrected chi connectivity index (χ4v) is 2.73. The number of carbonyl (C=O) groups is 3. The number of ether oxygens (including phenoxy) is 4. The maximum atomic E-state index is 12.4. The Morgan fingerprint density at radius 3 is 2.22 bits per heavy atom. The van der Waals surface area contributed by atoms with Gasteiger partial charge in [-0.25, -0.2) is 9.59 Å². The zero-order valence-electron chi connectivity index (χ0n) is 15.8. The van der Waals surface area contributed by atoms with E-state index in [1.165, 1.54) is 21.1 Å². The summed E-state index contributed by atoms with van der Waals surface area (Å²) < 4.78 is 20.9. The molecule has 2 rings (SSSR count). The van der Waals surface area contributed by atoms with Crippen LogP contribution in [0.5, 0.6) is 17.2 Å². The van der Waals surface area contributed by atoms with Crippen molar-refractivity contribution in [3.05, 3.63) is 29.0 Å². The van der Waals surface area contributed by atoms with Gasteiger partial charge in [0.2, 0.25) is 5.75 Å². The molecule has 0 aromatic heterocycles. The normalized spacial score (nSPS) is 16.2. The van der Waals surface area contributed by atoms with E-state index in [0.717, 1.165) is 0 Å². The maximum absolute atomic E-state index is 12.4. The fourth-order valence-electron chi connectivity index (χ4n) is 2.73. The topological polar surface area (TPSA) is 112 Å². The van der Waals surface area contributed by atoms with Crippen molar-refractivity contribution in [3.8, 4) is 17.2 Å². The van der Waals surface area contributed by atoms with Crippen LogP contribution in [0.1, 0.15) is 32.4 Å². The van der Waals surface area contributed by atoms with Gasteiger partial charge in [-0.15, -0.1) is 0 Å². The molecular formula is C18H22N2O7. The highest BCUT2D eigenvalue weighted by atomic mass is 16.6. The van der Waals surface area contributed by atoms with E-state index in [-0.39, 0.29) is 29.4 Å². The van der Waals surface area contributed by atoms with Gasteiger partial charge in [-0.1, -0.05) is 0 Å². The van der Waals surface area contributed by atoms with Crippen LogP contribution in [0.25, 0.3) is 0 Å². The SMILES string of the molecule is CCOC(=O)C1=C(C)NC(=O)NC1c1cc(OC)c(OC(C)=O)c(OC)c1. The maximum Gasteiger partial charge on any atom is 0.338 e. The van der Waals surface area contributed by atoms with Crippen molar-refractivity contribution in [1.82, 2.24) is 10.6 Å². The lowest BCUT2D eigenvalue weighted by Gasteiger charge is -2.28. The van der Waals surface area contributed by atoms with E-state index in [0.29, 0.717) is 11.3 Å². The van der Waals surface area contributed by atoms with Crippen molar-refractivity contribution in [2.45, 2.75) is 26.8 Å². The summed E-state index contributed by atoms with van der Waals surface area (Å²) in [6.07, 6.45) is 0. The number of hydrogen-bond acceptors (Lipinski definition) is 7. The molecule has 0 bridgehead atoms. The van der Waals surface area contributed by atoms with Gasteiger partial charge in [0, 0.05) is 12.6 Å².